The average molecular weight is 339 g/mol. The summed E-state index contributed by atoms with van der Waals surface area (Å²) in [5.41, 5.74) is 1.91. The van der Waals surface area contributed by atoms with E-state index in [1.165, 1.54) is 0 Å². The van der Waals surface area contributed by atoms with E-state index >= 15 is 0 Å². The summed E-state index contributed by atoms with van der Waals surface area (Å²) in [6.07, 6.45) is 4.45. The number of rotatable bonds is 4. The third-order valence-corrected chi connectivity index (χ3v) is 5.79. The highest BCUT2D eigenvalue weighted by atomic mass is 16.2. The summed E-state index contributed by atoms with van der Waals surface area (Å²) in [5, 5.41) is 12.2. The summed E-state index contributed by atoms with van der Waals surface area (Å²) in [6, 6.07) is 10.0. The number of carbonyl (C=O) groups is 1. The molecular formula is C21H29N3O. The van der Waals surface area contributed by atoms with Gasteiger partial charge in [0.05, 0.1) is 12.5 Å². The number of likely N-dealkylation sites (tertiary alicyclic amines) is 1. The van der Waals surface area contributed by atoms with E-state index in [-0.39, 0.29) is 5.91 Å². The lowest BCUT2D eigenvalue weighted by Crippen LogP contribution is -2.49. The van der Waals surface area contributed by atoms with Gasteiger partial charge < -0.3 is 10.2 Å². The number of nitrogens with one attached hydrogen (secondary N) is 1. The molecule has 0 atom stereocenters. The average Bonchev–Trinajstić information content (AvgIpc) is 3.36. The Labute approximate surface area is 151 Å². The molecule has 1 amide bonds. The van der Waals surface area contributed by atoms with Crippen LogP contribution in [-0.2, 0) is 11.2 Å². The van der Waals surface area contributed by atoms with Crippen LogP contribution in [0.4, 0.5) is 5.69 Å². The van der Waals surface area contributed by atoms with Gasteiger partial charge in [0.1, 0.15) is 5.54 Å². The summed E-state index contributed by atoms with van der Waals surface area (Å²) >= 11 is 0. The highest BCUT2D eigenvalue weighted by Gasteiger charge is 2.52. The fourth-order valence-electron chi connectivity index (χ4n) is 3.84. The molecule has 4 nitrogen and oxygen atoms in total. The van der Waals surface area contributed by atoms with Crippen LogP contribution < -0.4 is 5.32 Å². The van der Waals surface area contributed by atoms with E-state index in [1.54, 1.807) is 0 Å². The maximum absolute atomic E-state index is 13.0. The third-order valence-electron chi connectivity index (χ3n) is 5.79. The van der Waals surface area contributed by atoms with Crippen LogP contribution >= 0.6 is 0 Å². The quantitative estimate of drug-likeness (QED) is 0.902. The second-order valence-corrected chi connectivity index (χ2v) is 8.67. The van der Waals surface area contributed by atoms with Crippen molar-refractivity contribution in [1.82, 2.24) is 4.90 Å². The number of hydrogen-bond donors (Lipinski definition) is 1. The molecule has 4 heteroatoms. The van der Waals surface area contributed by atoms with Crippen molar-refractivity contribution in [3.8, 4) is 6.07 Å². The molecule has 1 saturated carbocycles. The van der Waals surface area contributed by atoms with Gasteiger partial charge in [-0.25, -0.2) is 0 Å². The van der Waals surface area contributed by atoms with E-state index in [0.717, 1.165) is 50.0 Å². The van der Waals surface area contributed by atoms with Crippen LogP contribution in [-0.4, -0.2) is 29.4 Å². The molecule has 0 bridgehead atoms. The number of hydrogen-bond acceptors (Lipinski definition) is 3. The minimum absolute atomic E-state index is 0.265. The highest BCUT2D eigenvalue weighted by molar-refractivity contribution is 5.92. The zero-order valence-corrected chi connectivity index (χ0v) is 15.6. The molecule has 2 aliphatic rings. The first-order valence-corrected chi connectivity index (χ1v) is 9.37. The van der Waals surface area contributed by atoms with Gasteiger partial charge in [0.15, 0.2) is 0 Å². The van der Waals surface area contributed by atoms with Gasteiger partial charge in [0.2, 0.25) is 5.91 Å². The molecule has 1 heterocycles. The smallest absolute Gasteiger partial charge is 0.248 e. The van der Waals surface area contributed by atoms with Crippen LogP contribution in [0.2, 0.25) is 0 Å². The molecule has 1 saturated heterocycles. The Hall–Kier alpha value is -2.02. The van der Waals surface area contributed by atoms with Gasteiger partial charge in [-0.2, -0.15) is 5.26 Å². The monoisotopic (exact) mass is 339 g/mol. The maximum Gasteiger partial charge on any atom is 0.248 e. The SMILES string of the molecule is CC(C)(C)C1CCN(C(=O)C2(Nc3ccc(CC#N)cc3)CC2)CC1. The van der Waals surface area contributed by atoms with Crippen molar-refractivity contribution in [3.63, 3.8) is 0 Å². The van der Waals surface area contributed by atoms with Crippen LogP contribution in [0.15, 0.2) is 24.3 Å². The molecule has 3 rings (SSSR count). The number of nitrogens with zero attached hydrogens (tertiary/aromatic N) is 2. The summed E-state index contributed by atoms with van der Waals surface area (Å²) in [5.74, 6) is 0.966. The first-order valence-electron chi connectivity index (χ1n) is 9.37. The fourth-order valence-corrected chi connectivity index (χ4v) is 3.84. The third kappa shape index (κ3) is 3.98. The summed E-state index contributed by atoms with van der Waals surface area (Å²) in [6.45, 7) is 8.66. The van der Waals surface area contributed by atoms with E-state index in [2.05, 4.69) is 37.1 Å². The molecule has 0 radical (unpaired) electrons. The predicted molar refractivity (Wildman–Crippen MR) is 100 cm³/mol. The normalized spacial score (nSPS) is 20.0. The lowest BCUT2D eigenvalue weighted by atomic mass is 9.75. The number of amides is 1. The Balaban J connectivity index is 1.60. The standard InChI is InChI=1S/C21H29N3O/c1-20(2,3)17-9-14-24(15-10-17)19(25)21(11-12-21)23-18-6-4-16(5-7-18)8-13-22/h4-7,17,23H,8-12,14-15H2,1-3H3. The van der Waals surface area contributed by atoms with Gasteiger partial charge >= 0.3 is 0 Å². The highest BCUT2D eigenvalue weighted by Crippen LogP contribution is 2.42. The number of anilines is 1. The number of nitriles is 1. The first kappa shape index (κ1) is 17.8. The van der Waals surface area contributed by atoms with Crippen molar-refractivity contribution in [2.75, 3.05) is 18.4 Å². The van der Waals surface area contributed by atoms with Crippen LogP contribution in [0, 0.1) is 22.7 Å². The lowest BCUT2D eigenvalue weighted by Gasteiger charge is -2.40. The van der Waals surface area contributed by atoms with Crippen molar-refractivity contribution < 1.29 is 4.79 Å². The molecule has 2 fully saturated rings. The van der Waals surface area contributed by atoms with E-state index in [0.29, 0.717) is 17.8 Å². The van der Waals surface area contributed by atoms with E-state index in [9.17, 15) is 4.79 Å². The predicted octanol–water partition coefficient (Wildman–Crippen LogP) is 3.98. The largest absolute Gasteiger partial charge is 0.371 e. The summed E-state index contributed by atoms with van der Waals surface area (Å²) in [7, 11) is 0. The Kier molecular flexibility index (Phi) is 4.77. The molecule has 1 aliphatic heterocycles. The molecule has 25 heavy (non-hydrogen) atoms. The molecule has 1 N–H and O–H groups in total. The van der Waals surface area contributed by atoms with Crippen molar-refractivity contribution in [2.45, 2.75) is 58.4 Å². The summed E-state index contributed by atoms with van der Waals surface area (Å²) < 4.78 is 0. The van der Waals surface area contributed by atoms with Gasteiger partial charge in [0, 0.05) is 18.8 Å². The second-order valence-electron chi connectivity index (χ2n) is 8.67. The topological polar surface area (TPSA) is 56.1 Å². The van der Waals surface area contributed by atoms with E-state index < -0.39 is 5.54 Å². The minimum Gasteiger partial charge on any atom is -0.371 e. The minimum atomic E-state index is -0.398. The van der Waals surface area contributed by atoms with Gasteiger partial charge in [-0.05, 0) is 54.7 Å². The van der Waals surface area contributed by atoms with Crippen LogP contribution in [0.25, 0.3) is 0 Å². The van der Waals surface area contributed by atoms with Crippen molar-refractivity contribution in [3.05, 3.63) is 29.8 Å². The molecule has 1 aromatic carbocycles. The Morgan fingerprint density at radius 2 is 1.84 bits per heavy atom. The Morgan fingerprint density at radius 3 is 2.32 bits per heavy atom. The van der Waals surface area contributed by atoms with Crippen molar-refractivity contribution >= 4 is 11.6 Å². The molecule has 1 aromatic rings. The number of benzene rings is 1. The zero-order chi connectivity index (χ0) is 18.1. The van der Waals surface area contributed by atoms with Gasteiger partial charge in [-0.1, -0.05) is 32.9 Å². The van der Waals surface area contributed by atoms with Crippen LogP contribution in [0.1, 0.15) is 52.0 Å². The fraction of sp³-hybridized carbons (Fsp3) is 0.619. The van der Waals surface area contributed by atoms with Gasteiger partial charge in [0.25, 0.3) is 0 Å². The second kappa shape index (κ2) is 6.71. The zero-order valence-electron chi connectivity index (χ0n) is 15.6. The van der Waals surface area contributed by atoms with Gasteiger partial charge in [-0.3, -0.25) is 4.79 Å². The van der Waals surface area contributed by atoms with Crippen molar-refractivity contribution in [1.29, 1.82) is 5.26 Å². The Bertz CT molecular complexity index is 654. The molecule has 0 aromatic heterocycles. The van der Waals surface area contributed by atoms with E-state index in [4.69, 9.17) is 5.26 Å². The first-order chi connectivity index (χ1) is 11.8. The lowest BCUT2D eigenvalue weighted by molar-refractivity contribution is -0.134. The van der Waals surface area contributed by atoms with Gasteiger partial charge in [-0.15, -0.1) is 0 Å². The molecule has 0 unspecified atom stereocenters. The summed E-state index contributed by atoms with van der Waals surface area (Å²) in [4.78, 5) is 15.1. The molecule has 1 aliphatic carbocycles. The van der Waals surface area contributed by atoms with Crippen LogP contribution in [0.3, 0.4) is 0 Å². The molecule has 134 valence electrons. The van der Waals surface area contributed by atoms with Crippen LogP contribution in [0.5, 0.6) is 0 Å². The Morgan fingerprint density at radius 1 is 1.24 bits per heavy atom. The molecular weight excluding hydrogens is 310 g/mol. The number of carbonyl (C=O) groups excluding carboxylic acids is 1. The number of piperidine rings is 1. The maximum atomic E-state index is 13.0. The van der Waals surface area contributed by atoms with Crippen molar-refractivity contribution in [2.24, 2.45) is 11.3 Å². The molecule has 0 spiro atoms. The van der Waals surface area contributed by atoms with E-state index in [1.807, 2.05) is 24.3 Å².